The predicted octanol–water partition coefficient (Wildman–Crippen LogP) is 3.51. The van der Waals surface area contributed by atoms with Crippen molar-refractivity contribution in [3.63, 3.8) is 0 Å². The molecule has 2 aliphatic heterocycles. The third-order valence-corrected chi connectivity index (χ3v) is 6.11. The Bertz CT molecular complexity index is 893. The van der Waals surface area contributed by atoms with E-state index >= 15 is 0 Å². The molecule has 2 aliphatic rings. The van der Waals surface area contributed by atoms with Crippen molar-refractivity contribution in [2.45, 2.75) is 12.2 Å². The van der Waals surface area contributed by atoms with Gasteiger partial charge in [0.05, 0.1) is 61.0 Å². The number of hydrogen-bond donors (Lipinski definition) is 1. The van der Waals surface area contributed by atoms with Gasteiger partial charge >= 0.3 is 0 Å². The molecule has 2 saturated heterocycles. The number of phenols is 1. The van der Waals surface area contributed by atoms with Crippen LogP contribution in [0.1, 0.15) is 23.3 Å². The molecule has 0 unspecified atom stereocenters. The fraction of sp³-hybridized carbons (Fsp3) is 0.478. The lowest BCUT2D eigenvalue weighted by Gasteiger charge is -2.20. The van der Waals surface area contributed by atoms with E-state index in [2.05, 4.69) is 0 Å². The number of methoxy groups -OCH3 is 5. The summed E-state index contributed by atoms with van der Waals surface area (Å²) in [6.07, 6.45) is -0.356. The lowest BCUT2D eigenvalue weighted by molar-refractivity contribution is 0.0190. The molecule has 8 nitrogen and oxygen atoms in total. The van der Waals surface area contributed by atoms with Gasteiger partial charge in [-0.1, -0.05) is 0 Å². The first-order valence-corrected chi connectivity index (χ1v) is 10.0. The van der Waals surface area contributed by atoms with Crippen molar-refractivity contribution >= 4 is 0 Å². The van der Waals surface area contributed by atoms with E-state index in [0.717, 1.165) is 11.1 Å². The number of ether oxygens (including phenoxy) is 7. The first kappa shape index (κ1) is 21.4. The van der Waals surface area contributed by atoms with Gasteiger partial charge in [-0.3, -0.25) is 0 Å². The van der Waals surface area contributed by atoms with Gasteiger partial charge in [0.1, 0.15) is 0 Å². The van der Waals surface area contributed by atoms with Gasteiger partial charge in [-0.25, -0.2) is 0 Å². The Hall–Kier alpha value is -2.84. The van der Waals surface area contributed by atoms with Gasteiger partial charge in [-0.2, -0.15) is 0 Å². The van der Waals surface area contributed by atoms with Crippen LogP contribution < -0.4 is 23.7 Å². The Labute approximate surface area is 181 Å². The summed E-state index contributed by atoms with van der Waals surface area (Å²) in [5.74, 6) is 2.69. The van der Waals surface area contributed by atoms with E-state index in [1.165, 1.54) is 14.2 Å². The Kier molecular flexibility index (Phi) is 6.02. The van der Waals surface area contributed by atoms with Crippen molar-refractivity contribution in [1.82, 2.24) is 0 Å². The van der Waals surface area contributed by atoms with Gasteiger partial charge < -0.3 is 38.3 Å². The second-order valence-corrected chi connectivity index (χ2v) is 7.57. The second kappa shape index (κ2) is 8.72. The fourth-order valence-electron chi connectivity index (χ4n) is 4.58. The number of hydrogen-bond acceptors (Lipinski definition) is 8. The zero-order valence-corrected chi connectivity index (χ0v) is 18.3. The van der Waals surface area contributed by atoms with E-state index in [9.17, 15) is 5.11 Å². The molecule has 31 heavy (non-hydrogen) atoms. The van der Waals surface area contributed by atoms with Crippen LogP contribution in [0.2, 0.25) is 0 Å². The summed E-state index contributed by atoms with van der Waals surface area (Å²) in [7, 11) is 7.79. The lowest BCUT2D eigenvalue weighted by atomic mass is 9.84. The zero-order chi connectivity index (χ0) is 22.1. The first-order valence-electron chi connectivity index (χ1n) is 10.0. The third kappa shape index (κ3) is 3.59. The van der Waals surface area contributed by atoms with Crippen LogP contribution in [0, 0.1) is 11.8 Å². The van der Waals surface area contributed by atoms with Gasteiger partial charge in [0.25, 0.3) is 0 Å². The van der Waals surface area contributed by atoms with E-state index < -0.39 is 0 Å². The van der Waals surface area contributed by atoms with Gasteiger partial charge in [0.2, 0.25) is 11.5 Å². The maximum atomic E-state index is 10.2. The molecule has 4 atom stereocenters. The van der Waals surface area contributed by atoms with Crippen molar-refractivity contribution < 1.29 is 38.3 Å². The largest absolute Gasteiger partial charge is 0.502 e. The van der Waals surface area contributed by atoms with Crippen molar-refractivity contribution in [1.29, 1.82) is 0 Å². The van der Waals surface area contributed by atoms with Crippen LogP contribution in [-0.4, -0.2) is 53.9 Å². The number of phenolic OH excluding ortho intramolecular Hbond substituents is 1. The van der Waals surface area contributed by atoms with Crippen LogP contribution in [0.25, 0.3) is 0 Å². The molecule has 8 heteroatoms. The molecule has 2 heterocycles. The molecule has 2 aromatic rings. The highest BCUT2D eigenvalue weighted by molar-refractivity contribution is 5.55. The fourth-order valence-corrected chi connectivity index (χ4v) is 4.58. The molecule has 1 N–H and O–H groups in total. The molecule has 4 rings (SSSR count). The van der Waals surface area contributed by atoms with Crippen LogP contribution in [-0.2, 0) is 9.47 Å². The van der Waals surface area contributed by atoms with E-state index in [1.807, 2.05) is 12.1 Å². The molecule has 0 spiro atoms. The maximum absolute atomic E-state index is 10.2. The second-order valence-electron chi connectivity index (χ2n) is 7.57. The van der Waals surface area contributed by atoms with E-state index in [0.29, 0.717) is 42.0 Å². The molecule has 0 saturated carbocycles. The van der Waals surface area contributed by atoms with Crippen molar-refractivity contribution in [2.75, 3.05) is 48.8 Å². The molecule has 0 amide bonds. The molecular weight excluding hydrogens is 404 g/mol. The molecule has 0 aliphatic carbocycles. The average molecular weight is 432 g/mol. The van der Waals surface area contributed by atoms with E-state index in [1.54, 1.807) is 33.5 Å². The highest BCUT2D eigenvalue weighted by atomic mass is 16.5. The summed E-state index contributed by atoms with van der Waals surface area (Å²) in [6.45, 7) is 1.09. The minimum atomic E-state index is -0.194. The summed E-state index contributed by atoms with van der Waals surface area (Å²) in [4.78, 5) is 0. The van der Waals surface area contributed by atoms with Gasteiger partial charge in [-0.15, -0.1) is 0 Å². The predicted molar refractivity (Wildman–Crippen MR) is 112 cm³/mol. The van der Waals surface area contributed by atoms with Gasteiger partial charge in [-0.05, 0) is 35.4 Å². The quantitative estimate of drug-likeness (QED) is 0.712. The van der Waals surface area contributed by atoms with Crippen LogP contribution >= 0.6 is 0 Å². The molecular formula is C23H28O8. The monoisotopic (exact) mass is 432 g/mol. The Balaban J connectivity index is 1.64. The van der Waals surface area contributed by atoms with Crippen LogP contribution in [0.3, 0.4) is 0 Å². The maximum Gasteiger partial charge on any atom is 0.203 e. The standard InChI is InChI=1S/C23H28O8/c1-25-16-6-12(7-17(26-2)20(16)24)21-14-10-31-22(15(14)11-30-21)13-8-18(27-3)23(29-5)19(9-13)28-4/h6-9,14-15,21-22,24H,10-11H2,1-5H3/t14-,15-,21+,22+/m0/s1. The number of aromatic hydroxyl groups is 1. The van der Waals surface area contributed by atoms with Crippen LogP contribution in [0.5, 0.6) is 34.5 Å². The van der Waals surface area contributed by atoms with E-state index in [-0.39, 0.29) is 29.8 Å². The number of fused-ring (bicyclic) bond motifs is 1. The lowest BCUT2D eigenvalue weighted by Crippen LogP contribution is -2.15. The smallest absolute Gasteiger partial charge is 0.203 e. The molecule has 0 aromatic heterocycles. The van der Waals surface area contributed by atoms with E-state index in [4.69, 9.17) is 33.2 Å². The highest BCUT2D eigenvalue weighted by Gasteiger charge is 2.48. The normalized spacial score (nSPS) is 24.5. The van der Waals surface area contributed by atoms with Gasteiger partial charge in [0, 0.05) is 11.8 Å². The summed E-state index contributed by atoms with van der Waals surface area (Å²) in [5, 5.41) is 10.2. The van der Waals surface area contributed by atoms with Gasteiger partial charge in [0.15, 0.2) is 23.0 Å². The van der Waals surface area contributed by atoms with Crippen LogP contribution in [0.4, 0.5) is 0 Å². The number of rotatable bonds is 7. The summed E-state index contributed by atoms with van der Waals surface area (Å²) in [6, 6.07) is 7.43. The highest BCUT2D eigenvalue weighted by Crippen LogP contribution is 2.53. The summed E-state index contributed by atoms with van der Waals surface area (Å²) < 4.78 is 39.5. The van der Waals surface area contributed by atoms with Crippen molar-refractivity contribution in [3.8, 4) is 34.5 Å². The molecule has 168 valence electrons. The Morgan fingerprint density at radius 2 is 1.03 bits per heavy atom. The Morgan fingerprint density at radius 1 is 0.645 bits per heavy atom. The minimum Gasteiger partial charge on any atom is -0.502 e. The molecule has 2 aromatic carbocycles. The third-order valence-electron chi connectivity index (χ3n) is 6.11. The topological polar surface area (TPSA) is 84.8 Å². The van der Waals surface area contributed by atoms with Crippen molar-refractivity contribution in [3.05, 3.63) is 35.4 Å². The summed E-state index contributed by atoms with van der Waals surface area (Å²) in [5.41, 5.74) is 1.83. The molecule has 0 bridgehead atoms. The number of benzene rings is 2. The summed E-state index contributed by atoms with van der Waals surface area (Å²) >= 11 is 0. The van der Waals surface area contributed by atoms with Crippen molar-refractivity contribution in [2.24, 2.45) is 11.8 Å². The SMILES string of the molecule is COc1cc([C@H]2OC[C@H]3[C@@H]2CO[C@@H]3c2cc(OC)c(OC)c(OC)c2)cc(OC)c1O. The average Bonchev–Trinajstić information content (AvgIpc) is 3.40. The Morgan fingerprint density at radius 3 is 1.39 bits per heavy atom. The molecule has 2 fully saturated rings. The first-order chi connectivity index (χ1) is 15.1. The molecule has 0 radical (unpaired) electrons. The van der Waals surface area contributed by atoms with Crippen LogP contribution in [0.15, 0.2) is 24.3 Å². The minimum absolute atomic E-state index is 0.0266. The zero-order valence-electron chi connectivity index (χ0n) is 18.3.